The van der Waals surface area contributed by atoms with E-state index in [9.17, 15) is 9.59 Å². The van der Waals surface area contributed by atoms with Gasteiger partial charge in [0.15, 0.2) is 0 Å². The third-order valence-electron chi connectivity index (χ3n) is 3.76. The minimum absolute atomic E-state index is 0.0584. The van der Waals surface area contributed by atoms with Gasteiger partial charge in [-0.2, -0.15) is 0 Å². The van der Waals surface area contributed by atoms with E-state index >= 15 is 0 Å². The Labute approximate surface area is 148 Å². The molecule has 1 N–H and O–H groups in total. The van der Waals surface area contributed by atoms with Gasteiger partial charge in [0.2, 0.25) is 4.74 Å². The average Bonchev–Trinajstić information content (AvgIpc) is 3.02. The van der Waals surface area contributed by atoms with Crippen molar-refractivity contribution in [2.75, 3.05) is 0 Å². The van der Waals surface area contributed by atoms with E-state index in [1.807, 2.05) is 18.2 Å². The highest BCUT2D eigenvalue weighted by atomic mass is 79.9. The summed E-state index contributed by atoms with van der Waals surface area (Å²) in [6, 6.07) is 13.8. The molecule has 0 radical (unpaired) electrons. The highest BCUT2D eigenvalue weighted by Gasteiger charge is 2.14. The van der Waals surface area contributed by atoms with Crippen LogP contribution in [0.4, 0.5) is 0 Å². The minimum Gasteiger partial charge on any atom is -0.478 e. The first kappa shape index (κ1) is 15.1. The molecule has 0 aliphatic heterocycles. The Balaban J connectivity index is 1.96. The molecule has 6 heteroatoms. The van der Waals surface area contributed by atoms with Gasteiger partial charge in [0, 0.05) is 20.1 Å². The topological polar surface area (TPSA) is 67.5 Å². The van der Waals surface area contributed by atoms with Gasteiger partial charge in [0.25, 0.3) is 0 Å². The molecule has 0 bridgehead atoms. The SMILES string of the molecule is O=C(O)c1ccc(-c2cc3c(=O)sc4ccc(Br)cc4c3o2)cc1. The fourth-order valence-corrected chi connectivity index (χ4v) is 3.81. The summed E-state index contributed by atoms with van der Waals surface area (Å²) in [5, 5.41) is 10.4. The number of carboxylic acid groups (broad SMARTS) is 1. The fraction of sp³-hybridized carbons (Fsp3) is 0. The maximum absolute atomic E-state index is 12.3. The molecule has 0 amide bonds. The second-order valence-corrected chi connectivity index (χ2v) is 7.20. The molecule has 0 atom stereocenters. The molecule has 0 aliphatic carbocycles. The first-order chi connectivity index (χ1) is 11.5. The molecule has 4 nitrogen and oxygen atoms in total. The number of fused-ring (bicyclic) bond motifs is 3. The molecule has 24 heavy (non-hydrogen) atoms. The average molecular weight is 401 g/mol. The van der Waals surface area contributed by atoms with Crippen LogP contribution in [0.2, 0.25) is 0 Å². The van der Waals surface area contributed by atoms with Crippen molar-refractivity contribution in [1.82, 2.24) is 0 Å². The van der Waals surface area contributed by atoms with Crippen LogP contribution in [-0.4, -0.2) is 11.1 Å². The zero-order valence-electron chi connectivity index (χ0n) is 12.1. The van der Waals surface area contributed by atoms with E-state index in [4.69, 9.17) is 9.52 Å². The van der Waals surface area contributed by atoms with E-state index in [0.29, 0.717) is 16.7 Å². The van der Waals surface area contributed by atoms with E-state index in [2.05, 4.69) is 15.9 Å². The van der Waals surface area contributed by atoms with E-state index < -0.39 is 5.97 Å². The number of hydrogen-bond acceptors (Lipinski definition) is 4. The first-order valence-electron chi connectivity index (χ1n) is 7.02. The summed E-state index contributed by atoms with van der Waals surface area (Å²) in [4.78, 5) is 23.3. The Bertz CT molecular complexity index is 1160. The van der Waals surface area contributed by atoms with Crippen molar-refractivity contribution in [2.24, 2.45) is 0 Å². The summed E-state index contributed by atoms with van der Waals surface area (Å²) in [6.07, 6.45) is 0. The van der Waals surface area contributed by atoms with Crippen molar-refractivity contribution in [1.29, 1.82) is 0 Å². The molecule has 118 valence electrons. The van der Waals surface area contributed by atoms with Crippen LogP contribution in [0, 0.1) is 0 Å². The Kier molecular flexibility index (Phi) is 3.51. The fourth-order valence-electron chi connectivity index (χ4n) is 2.59. The predicted molar refractivity (Wildman–Crippen MR) is 98.0 cm³/mol. The first-order valence-corrected chi connectivity index (χ1v) is 8.63. The largest absolute Gasteiger partial charge is 0.478 e. The number of carboxylic acids is 1. The Morgan fingerprint density at radius 1 is 1.04 bits per heavy atom. The van der Waals surface area contributed by atoms with Crippen LogP contribution in [0.1, 0.15) is 10.4 Å². The van der Waals surface area contributed by atoms with Gasteiger partial charge in [-0.05, 0) is 36.4 Å². The summed E-state index contributed by atoms with van der Waals surface area (Å²) < 4.78 is 7.65. The lowest BCUT2D eigenvalue weighted by molar-refractivity contribution is 0.0697. The number of furan rings is 1. The molecule has 0 spiro atoms. The zero-order valence-corrected chi connectivity index (χ0v) is 14.5. The molecule has 0 saturated carbocycles. The van der Waals surface area contributed by atoms with Gasteiger partial charge in [0.1, 0.15) is 11.3 Å². The lowest BCUT2D eigenvalue weighted by Gasteiger charge is -1.99. The quantitative estimate of drug-likeness (QED) is 0.505. The van der Waals surface area contributed by atoms with E-state index in [1.165, 1.54) is 23.5 Å². The monoisotopic (exact) mass is 400 g/mol. The van der Waals surface area contributed by atoms with Gasteiger partial charge in [0.05, 0.1) is 10.9 Å². The standard InChI is InChI=1S/C18H9BrO4S/c19-11-5-6-15-12(7-11)16-13(18(22)24-15)8-14(23-16)9-1-3-10(4-2-9)17(20)21/h1-8H,(H,20,21). The second-order valence-electron chi connectivity index (χ2n) is 5.27. The maximum Gasteiger partial charge on any atom is 0.335 e. The van der Waals surface area contributed by atoms with Crippen molar-refractivity contribution in [2.45, 2.75) is 0 Å². The van der Waals surface area contributed by atoms with Gasteiger partial charge in [-0.1, -0.05) is 39.4 Å². The van der Waals surface area contributed by atoms with Crippen molar-refractivity contribution in [3.05, 3.63) is 68.1 Å². The molecular formula is C18H9BrO4S. The Morgan fingerprint density at radius 2 is 1.79 bits per heavy atom. The van der Waals surface area contributed by atoms with Crippen LogP contribution in [0.25, 0.3) is 32.4 Å². The van der Waals surface area contributed by atoms with E-state index in [1.54, 1.807) is 18.2 Å². The van der Waals surface area contributed by atoms with Gasteiger partial charge < -0.3 is 9.52 Å². The highest BCUT2D eigenvalue weighted by Crippen LogP contribution is 2.33. The lowest BCUT2D eigenvalue weighted by Crippen LogP contribution is -1.94. The van der Waals surface area contributed by atoms with Crippen LogP contribution in [0.5, 0.6) is 0 Å². The van der Waals surface area contributed by atoms with Gasteiger partial charge in [-0.25, -0.2) is 4.79 Å². The number of hydrogen-bond donors (Lipinski definition) is 1. The Morgan fingerprint density at radius 3 is 2.50 bits per heavy atom. The van der Waals surface area contributed by atoms with Crippen molar-refractivity contribution in [3.8, 4) is 11.3 Å². The maximum atomic E-state index is 12.3. The molecule has 2 aromatic heterocycles. The third-order valence-corrected chi connectivity index (χ3v) is 5.23. The molecule has 0 fully saturated rings. The summed E-state index contributed by atoms with van der Waals surface area (Å²) in [6.45, 7) is 0. The summed E-state index contributed by atoms with van der Waals surface area (Å²) >= 11 is 4.62. The predicted octanol–water partition coefficient (Wildman–Crippen LogP) is 5.14. The summed E-state index contributed by atoms with van der Waals surface area (Å²) in [5.41, 5.74) is 1.48. The Hall–Kier alpha value is -2.44. The molecule has 0 unspecified atom stereocenters. The number of benzene rings is 2. The zero-order chi connectivity index (χ0) is 16.8. The molecule has 2 aromatic carbocycles. The van der Waals surface area contributed by atoms with Crippen LogP contribution < -0.4 is 4.74 Å². The van der Waals surface area contributed by atoms with Gasteiger partial charge in [-0.15, -0.1) is 0 Å². The molecular weight excluding hydrogens is 392 g/mol. The van der Waals surface area contributed by atoms with E-state index in [-0.39, 0.29) is 10.3 Å². The number of aromatic carboxylic acids is 1. The number of rotatable bonds is 2. The lowest BCUT2D eigenvalue weighted by atomic mass is 10.1. The van der Waals surface area contributed by atoms with Crippen molar-refractivity contribution >= 4 is 54.3 Å². The van der Waals surface area contributed by atoms with E-state index in [0.717, 1.165) is 20.1 Å². The van der Waals surface area contributed by atoms with Crippen LogP contribution in [0.3, 0.4) is 0 Å². The molecule has 4 rings (SSSR count). The van der Waals surface area contributed by atoms with Gasteiger partial charge in [-0.3, -0.25) is 4.79 Å². The third kappa shape index (κ3) is 2.44. The number of carbonyl (C=O) groups is 1. The number of halogens is 1. The summed E-state index contributed by atoms with van der Waals surface area (Å²) in [5.74, 6) is -0.440. The normalized spacial score (nSPS) is 11.2. The van der Waals surface area contributed by atoms with Crippen LogP contribution in [-0.2, 0) is 0 Å². The highest BCUT2D eigenvalue weighted by molar-refractivity contribution is 9.10. The molecule has 4 aromatic rings. The molecule has 2 heterocycles. The van der Waals surface area contributed by atoms with Crippen molar-refractivity contribution in [3.63, 3.8) is 0 Å². The smallest absolute Gasteiger partial charge is 0.335 e. The minimum atomic E-state index is -0.981. The van der Waals surface area contributed by atoms with Crippen molar-refractivity contribution < 1.29 is 14.3 Å². The van der Waals surface area contributed by atoms with Crippen LogP contribution in [0.15, 0.2) is 62.2 Å². The molecule has 0 saturated heterocycles. The van der Waals surface area contributed by atoms with Gasteiger partial charge >= 0.3 is 5.97 Å². The molecule has 0 aliphatic rings. The van der Waals surface area contributed by atoms with Crippen LogP contribution >= 0.6 is 27.3 Å². The summed E-state index contributed by atoms with van der Waals surface area (Å²) in [7, 11) is 0. The second kappa shape index (κ2) is 5.58.